The first kappa shape index (κ1) is 19.3. The zero-order valence-electron chi connectivity index (χ0n) is 14.2. The van der Waals surface area contributed by atoms with Gasteiger partial charge in [-0.2, -0.15) is 0 Å². The topological polar surface area (TPSA) is 77.8 Å². The Balaban J connectivity index is 2.24. The number of carboxylic acids is 1. The molecule has 4 heteroatoms. The van der Waals surface area contributed by atoms with Gasteiger partial charge in [0.2, 0.25) is 0 Å². The van der Waals surface area contributed by atoms with Crippen molar-refractivity contribution in [3.8, 4) is 11.5 Å². The lowest BCUT2D eigenvalue weighted by molar-refractivity contribution is 0.0693. The van der Waals surface area contributed by atoms with Crippen LogP contribution in [-0.4, -0.2) is 21.3 Å². The van der Waals surface area contributed by atoms with Gasteiger partial charge >= 0.3 is 5.97 Å². The highest BCUT2D eigenvalue weighted by Crippen LogP contribution is 2.32. The Labute approximate surface area is 139 Å². The van der Waals surface area contributed by atoms with E-state index < -0.39 is 5.97 Å². The second kappa shape index (κ2) is 10.9. The molecule has 0 aromatic heterocycles. The molecule has 0 spiro atoms. The summed E-state index contributed by atoms with van der Waals surface area (Å²) in [6, 6.07) is 2.57. The van der Waals surface area contributed by atoms with E-state index in [4.69, 9.17) is 5.11 Å². The van der Waals surface area contributed by atoms with E-state index in [1.807, 2.05) is 0 Å². The number of aromatic carboxylic acids is 1. The van der Waals surface area contributed by atoms with Crippen LogP contribution in [0.15, 0.2) is 12.1 Å². The van der Waals surface area contributed by atoms with E-state index in [0.29, 0.717) is 12.0 Å². The van der Waals surface area contributed by atoms with Crippen LogP contribution < -0.4 is 0 Å². The molecule has 0 saturated heterocycles. The zero-order valence-corrected chi connectivity index (χ0v) is 14.2. The van der Waals surface area contributed by atoms with Crippen molar-refractivity contribution < 1.29 is 20.1 Å². The third-order valence-corrected chi connectivity index (χ3v) is 4.27. The van der Waals surface area contributed by atoms with Crippen molar-refractivity contribution in [2.45, 2.75) is 77.6 Å². The molecule has 23 heavy (non-hydrogen) atoms. The van der Waals surface area contributed by atoms with E-state index in [1.54, 1.807) is 0 Å². The Morgan fingerprint density at radius 3 is 1.91 bits per heavy atom. The maximum atomic E-state index is 11.0. The molecule has 4 nitrogen and oxygen atoms in total. The summed E-state index contributed by atoms with van der Waals surface area (Å²) in [6.07, 6.45) is 12.6. The first-order chi connectivity index (χ1) is 11.1. The fraction of sp³-hybridized carbons (Fsp3) is 0.632. The van der Waals surface area contributed by atoms with E-state index in [-0.39, 0.29) is 17.1 Å². The third-order valence-electron chi connectivity index (χ3n) is 4.27. The summed E-state index contributed by atoms with van der Waals surface area (Å²) in [5, 5.41) is 28.7. The van der Waals surface area contributed by atoms with Gasteiger partial charge in [0.15, 0.2) is 0 Å². The SMILES string of the molecule is CCCCCCCCCCCCc1c(O)ccc(C(=O)O)c1O. The van der Waals surface area contributed by atoms with Gasteiger partial charge in [0, 0.05) is 5.56 Å². The highest BCUT2D eigenvalue weighted by Gasteiger charge is 2.16. The van der Waals surface area contributed by atoms with Crippen LogP contribution >= 0.6 is 0 Å². The van der Waals surface area contributed by atoms with Gasteiger partial charge in [0.25, 0.3) is 0 Å². The smallest absolute Gasteiger partial charge is 0.339 e. The lowest BCUT2D eigenvalue weighted by atomic mass is 10.0. The summed E-state index contributed by atoms with van der Waals surface area (Å²) in [4.78, 5) is 11.0. The van der Waals surface area contributed by atoms with Gasteiger partial charge in [0.1, 0.15) is 17.1 Å². The molecular weight excluding hydrogens is 292 g/mol. The minimum atomic E-state index is -1.17. The molecule has 0 heterocycles. The Bertz CT molecular complexity index is 483. The molecule has 0 bridgehead atoms. The number of aromatic hydroxyl groups is 2. The number of unbranched alkanes of at least 4 members (excludes halogenated alkanes) is 9. The fourth-order valence-electron chi connectivity index (χ4n) is 2.83. The average molecular weight is 322 g/mol. The van der Waals surface area contributed by atoms with Crippen LogP contribution in [0.3, 0.4) is 0 Å². The second-order valence-electron chi connectivity index (χ2n) is 6.20. The van der Waals surface area contributed by atoms with Crippen molar-refractivity contribution in [2.75, 3.05) is 0 Å². The van der Waals surface area contributed by atoms with Gasteiger partial charge in [-0.1, -0.05) is 64.7 Å². The van der Waals surface area contributed by atoms with Crippen molar-refractivity contribution >= 4 is 5.97 Å². The van der Waals surface area contributed by atoms with Gasteiger partial charge in [-0.15, -0.1) is 0 Å². The largest absolute Gasteiger partial charge is 0.508 e. The minimum Gasteiger partial charge on any atom is -0.508 e. The van der Waals surface area contributed by atoms with Crippen LogP contribution in [0.25, 0.3) is 0 Å². The molecule has 1 aromatic rings. The van der Waals surface area contributed by atoms with Crippen molar-refractivity contribution in [3.63, 3.8) is 0 Å². The Morgan fingerprint density at radius 2 is 1.39 bits per heavy atom. The summed E-state index contributed by atoms with van der Waals surface area (Å²) in [5.74, 6) is -1.50. The standard InChI is InChI=1S/C19H30O4/c1-2-3-4-5-6-7-8-9-10-11-12-15-17(20)14-13-16(18(15)21)19(22)23/h13-14,20-21H,2-12H2,1H3,(H,22,23). The summed E-state index contributed by atoms with van der Waals surface area (Å²) in [5.41, 5.74) is 0.203. The van der Waals surface area contributed by atoms with E-state index in [2.05, 4.69) is 6.92 Å². The first-order valence-electron chi connectivity index (χ1n) is 8.85. The fourth-order valence-corrected chi connectivity index (χ4v) is 2.83. The molecule has 1 rings (SSSR count). The highest BCUT2D eigenvalue weighted by atomic mass is 16.4. The van der Waals surface area contributed by atoms with Crippen LogP contribution in [0.5, 0.6) is 11.5 Å². The third kappa shape index (κ3) is 6.93. The number of benzene rings is 1. The van der Waals surface area contributed by atoms with Gasteiger partial charge in [-0.05, 0) is 25.0 Å². The number of phenols is 2. The summed E-state index contributed by atoms with van der Waals surface area (Å²) in [7, 11) is 0. The Kier molecular flexibility index (Phi) is 9.18. The number of hydrogen-bond donors (Lipinski definition) is 3. The van der Waals surface area contributed by atoms with Gasteiger partial charge in [0.05, 0.1) is 0 Å². The number of hydrogen-bond acceptors (Lipinski definition) is 3. The minimum absolute atomic E-state index is 0.0246. The zero-order chi connectivity index (χ0) is 17.1. The predicted octanol–water partition coefficient (Wildman–Crippen LogP) is 5.26. The summed E-state index contributed by atoms with van der Waals surface area (Å²) in [6.45, 7) is 2.22. The second-order valence-corrected chi connectivity index (χ2v) is 6.20. The van der Waals surface area contributed by atoms with Crippen LogP contribution in [0.1, 0.15) is 87.1 Å². The van der Waals surface area contributed by atoms with E-state index in [9.17, 15) is 15.0 Å². The predicted molar refractivity (Wildman–Crippen MR) is 92.3 cm³/mol. The van der Waals surface area contributed by atoms with Crippen LogP contribution in [0.2, 0.25) is 0 Å². The molecule has 1 aromatic carbocycles. The lowest BCUT2D eigenvalue weighted by Crippen LogP contribution is -1.99. The molecule has 3 N–H and O–H groups in total. The van der Waals surface area contributed by atoms with Crippen molar-refractivity contribution in [3.05, 3.63) is 23.3 Å². The van der Waals surface area contributed by atoms with Crippen LogP contribution in [0, 0.1) is 0 Å². The molecule has 130 valence electrons. The quantitative estimate of drug-likeness (QED) is 0.459. The van der Waals surface area contributed by atoms with Crippen LogP contribution in [0.4, 0.5) is 0 Å². The molecule has 0 saturated carbocycles. The molecule has 0 aliphatic rings. The normalized spacial score (nSPS) is 10.8. The van der Waals surface area contributed by atoms with Crippen molar-refractivity contribution in [1.82, 2.24) is 0 Å². The Hall–Kier alpha value is -1.71. The number of phenolic OH excluding ortho intramolecular Hbond substituents is 1. The number of carbonyl (C=O) groups is 1. The number of rotatable bonds is 12. The Morgan fingerprint density at radius 1 is 0.870 bits per heavy atom. The maximum absolute atomic E-state index is 11.0. The molecule has 0 amide bonds. The molecule has 0 unspecified atom stereocenters. The molecule has 0 atom stereocenters. The van der Waals surface area contributed by atoms with E-state index in [1.165, 1.54) is 57.1 Å². The monoisotopic (exact) mass is 322 g/mol. The molecule has 0 radical (unpaired) electrons. The first-order valence-corrected chi connectivity index (χ1v) is 8.85. The molecular formula is C19H30O4. The maximum Gasteiger partial charge on any atom is 0.339 e. The molecule has 0 fully saturated rings. The van der Waals surface area contributed by atoms with Gasteiger partial charge in [-0.3, -0.25) is 0 Å². The van der Waals surface area contributed by atoms with Gasteiger partial charge < -0.3 is 15.3 Å². The molecule has 0 aliphatic heterocycles. The average Bonchev–Trinajstić information content (AvgIpc) is 2.51. The molecule has 0 aliphatic carbocycles. The lowest BCUT2D eigenvalue weighted by Gasteiger charge is -2.09. The van der Waals surface area contributed by atoms with Crippen molar-refractivity contribution in [1.29, 1.82) is 0 Å². The highest BCUT2D eigenvalue weighted by molar-refractivity contribution is 5.91. The van der Waals surface area contributed by atoms with E-state index in [0.717, 1.165) is 19.3 Å². The number of carboxylic acid groups (broad SMARTS) is 1. The van der Waals surface area contributed by atoms with Gasteiger partial charge in [-0.25, -0.2) is 4.79 Å². The van der Waals surface area contributed by atoms with Crippen LogP contribution in [-0.2, 0) is 6.42 Å². The van der Waals surface area contributed by atoms with Crippen molar-refractivity contribution in [2.24, 2.45) is 0 Å². The van der Waals surface area contributed by atoms with E-state index >= 15 is 0 Å². The summed E-state index contributed by atoms with van der Waals surface area (Å²) >= 11 is 0. The summed E-state index contributed by atoms with van der Waals surface area (Å²) < 4.78 is 0.